The highest BCUT2D eigenvalue weighted by Crippen LogP contribution is 2.41. The van der Waals surface area contributed by atoms with Gasteiger partial charge in [-0.15, -0.1) is 0 Å². The van der Waals surface area contributed by atoms with Crippen molar-refractivity contribution < 1.29 is 19.1 Å². The van der Waals surface area contributed by atoms with E-state index in [0.717, 1.165) is 74.5 Å². The number of amides is 2. The summed E-state index contributed by atoms with van der Waals surface area (Å²) in [4.78, 5) is 46.9. The summed E-state index contributed by atoms with van der Waals surface area (Å²) >= 11 is 12.1. The van der Waals surface area contributed by atoms with E-state index in [1.807, 2.05) is 65.8 Å². The molecule has 4 bridgehead atoms. The van der Waals surface area contributed by atoms with Gasteiger partial charge in [-0.2, -0.15) is 0 Å². The minimum Gasteiger partial charge on any atom is -0.443 e. The lowest BCUT2D eigenvalue weighted by atomic mass is 9.99. The number of hydrogen-bond acceptors (Lipinski definition) is 9. The number of fused-ring (bicyclic) bond motifs is 8. The van der Waals surface area contributed by atoms with Crippen LogP contribution >= 0.6 is 23.2 Å². The number of hydrogen-bond donors (Lipinski definition) is 0. The lowest BCUT2D eigenvalue weighted by molar-refractivity contribution is 0.0547. The van der Waals surface area contributed by atoms with E-state index in [1.165, 1.54) is 0 Å². The van der Waals surface area contributed by atoms with E-state index in [4.69, 9.17) is 37.7 Å². The molecule has 2 fully saturated rings. The standard InChI is InChI=1S/C20H23ClN4O2.C15H20ClN3O2/c1-20(2,3)27-19(26)25-15-5-4-8-24(12-15)17-7-6-16(23-18(17)25)13-9-14(21)11-22-10-13;1-15(2,3)21-14(20)19-10-5-4-8-18(9-10)11-6-7-12(16)17-13(11)19/h6-7,9-11,15H,4-5,8,12H2,1-3H3;6-7,10H,4-5,8-9H2,1-3H3/t15-;10-/m00/s1. The largest absolute Gasteiger partial charge is 0.443 e. The van der Waals surface area contributed by atoms with Gasteiger partial charge in [0.2, 0.25) is 0 Å². The van der Waals surface area contributed by atoms with Crippen LogP contribution in [0.2, 0.25) is 10.2 Å². The summed E-state index contributed by atoms with van der Waals surface area (Å²) < 4.78 is 11.2. The van der Waals surface area contributed by atoms with Gasteiger partial charge in [-0.05, 0) is 97.6 Å². The van der Waals surface area contributed by atoms with E-state index in [2.05, 4.69) is 19.8 Å². The van der Waals surface area contributed by atoms with Crippen LogP contribution in [-0.4, -0.2) is 76.6 Å². The third-order valence-electron chi connectivity index (χ3n) is 8.52. The highest BCUT2D eigenvalue weighted by molar-refractivity contribution is 6.30. The Morgan fingerprint density at radius 1 is 0.750 bits per heavy atom. The predicted octanol–water partition coefficient (Wildman–Crippen LogP) is 7.98. The molecule has 0 radical (unpaired) electrons. The molecule has 2 atom stereocenters. The van der Waals surface area contributed by atoms with E-state index in [-0.39, 0.29) is 24.3 Å². The van der Waals surface area contributed by atoms with Crippen LogP contribution in [0.5, 0.6) is 0 Å². The second-order valence-corrected chi connectivity index (χ2v) is 15.4. The molecule has 0 saturated carbocycles. The Hall–Kier alpha value is -3.83. The molecule has 0 spiro atoms. The van der Waals surface area contributed by atoms with Gasteiger partial charge < -0.3 is 19.3 Å². The smallest absolute Gasteiger partial charge is 0.416 e. The number of rotatable bonds is 1. The first-order chi connectivity index (χ1) is 22.7. The molecule has 7 rings (SSSR count). The molecular formula is C35H43Cl2N7O4. The summed E-state index contributed by atoms with van der Waals surface area (Å²) in [5.41, 5.74) is 2.40. The number of nitrogens with zero attached hydrogens (tertiary/aromatic N) is 7. The van der Waals surface area contributed by atoms with Crippen LogP contribution < -0.4 is 19.6 Å². The molecule has 0 unspecified atom stereocenters. The zero-order chi connectivity index (χ0) is 34.4. The van der Waals surface area contributed by atoms with Crippen LogP contribution in [0.3, 0.4) is 0 Å². The summed E-state index contributed by atoms with van der Waals surface area (Å²) in [5, 5.41) is 0.945. The number of carbonyl (C=O) groups is 2. The normalized spacial score (nSPS) is 19.8. The lowest BCUT2D eigenvalue weighted by Gasteiger charge is -2.46. The quantitative estimate of drug-likeness (QED) is 0.234. The molecule has 7 heterocycles. The number of aromatic nitrogens is 3. The van der Waals surface area contributed by atoms with E-state index in [1.54, 1.807) is 28.3 Å². The topological polar surface area (TPSA) is 104 Å². The van der Waals surface area contributed by atoms with Gasteiger partial charge in [0.15, 0.2) is 11.6 Å². The summed E-state index contributed by atoms with van der Waals surface area (Å²) in [5.74, 6) is 1.27. The Morgan fingerprint density at radius 3 is 1.79 bits per heavy atom. The van der Waals surface area contributed by atoms with Gasteiger partial charge >= 0.3 is 12.2 Å². The highest BCUT2D eigenvalue weighted by Gasteiger charge is 2.41. The summed E-state index contributed by atoms with van der Waals surface area (Å²) in [6.45, 7) is 14.9. The van der Waals surface area contributed by atoms with Crippen LogP contribution in [0.4, 0.5) is 32.6 Å². The van der Waals surface area contributed by atoms with Crippen LogP contribution in [0.15, 0.2) is 42.7 Å². The van der Waals surface area contributed by atoms with Crippen LogP contribution in [-0.2, 0) is 9.47 Å². The van der Waals surface area contributed by atoms with Gasteiger partial charge in [0.25, 0.3) is 0 Å². The average molecular weight is 697 g/mol. The zero-order valence-corrected chi connectivity index (χ0v) is 29.9. The number of piperidine rings is 2. The zero-order valence-electron chi connectivity index (χ0n) is 28.4. The van der Waals surface area contributed by atoms with Crippen LogP contribution in [0.25, 0.3) is 11.3 Å². The molecule has 48 heavy (non-hydrogen) atoms. The maximum absolute atomic E-state index is 13.0. The van der Waals surface area contributed by atoms with Crippen molar-refractivity contribution in [2.75, 3.05) is 45.8 Å². The van der Waals surface area contributed by atoms with E-state index < -0.39 is 11.2 Å². The van der Waals surface area contributed by atoms with Crippen LogP contribution in [0.1, 0.15) is 67.2 Å². The van der Waals surface area contributed by atoms with Gasteiger partial charge in [0.1, 0.15) is 16.4 Å². The molecular weight excluding hydrogens is 653 g/mol. The van der Waals surface area contributed by atoms with Crippen molar-refractivity contribution in [2.24, 2.45) is 0 Å². The molecule has 3 aromatic rings. The van der Waals surface area contributed by atoms with Crippen molar-refractivity contribution in [1.29, 1.82) is 0 Å². The van der Waals surface area contributed by atoms with Crippen molar-refractivity contribution in [3.8, 4) is 11.3 Å². The van der Waals surface area contributed by atoms with Crippen LogP contribution in [0, 0.1) is 0 Å². The first-order valence-electron chi connectivity index (χ1n) is 16.5. The van der Waals surface area contributed by atoms with E-state index >= 15 is 0 Å². The Balaban J connectivity index is 0.000000173. The third kappa shape index (κ3) is 7.42. The Kier molecular flexibility index (Phi) is 9.39. The molecule has 0 aromatic carbocycles. The molecule has 0 aliphatic carbocycles. The summed E-state index contributed by atoms with van der Waals surface area (Å²) in [6.07, 6.45) is 6.64. The number of carbonyl (C=O) groups excluding carboxylic acids is 2. The van der Waals surface area contributed by atoms with Gasteiger partial charge in [0.05, 0.1) is 34.2 Å². The molecule has 11 nitrogen and oxygen atoms in total. The minimum absolute atomic E-state index is 0.0707. The fourth-order valence-corrected chi connectivity index (χ4v) is 6.94. The van der Waals surface area contributed by atoms with Crippen molar-refractivity contribution in [3.05, 3.63) is 52.9 Å². The fraction of sp³-hybridized carbons (Fsp3) is 0.514. The predicted molar refractivity (Wildman–Crippen MR) is 190 cm³/mol. The minimum atomic E-state index is -0.558. The Bertz CT molecular complexity index is 1690. The molecule has 256 valence electrons. The number of halogens is 2. The van der Waals surface area contributed by atoms with Gasteiger partial charge in [-0.3, -0.25) is 14.8 Å². The number of pyridine rings is 3. The van der Waals surface area contributed by atoms with Gasteiger partial charge in [0, 0.05) is 44.1 Å². The maximum atomic E-state index is 13.0. The van der Waals surface area contributed by atoms with E-state index in [0.29, 0.717) is 21.8 Å². The number of anilines is 4. The molecule has 2 saturated heterocycles. The fourth-order valence-electron chi connectivity index (χ4n) is 6.63. The molecule has 2 amide bonds. The van der Waals surface area contributed by atoms with Crippen molar-refractivity contribution in [3.63, 3.8) is 0 Å². The monoisotopic (exact) mass is 695 g/mol. The van der Waals surface area contributed by atoms with E-state index in [9.17, 15) is 9.59 Å². The Morgan fingerprint density at radius 2 is 1.27 bits per heavy atom. The molecule has 0 N–H and O–H groups in total. The highest BCUT2D eigenvalue weighted by atomic mass is 35.5. The number of ether oxygens (including phenoxy) is 2. The van der Waals surface area contributed by atoms with Crippen molar-refractivity contribution >= 4 is 58.4 Å². The average Bonchev–Trinajstić information content (AvgIpc) is 3.00. The second-order valence-electron chi connectivity index (χ2n) is 14.6. The Labute approximate surface area is 292 Å². The van der Waals surface area contributed by atoms with Gasteiger partial charge in [-0.25, -0.2) is 19.6 Å². The third-order valence-corrected chi connectivity index (χ3v) is 8.93. The molecule has 4 aliphatic rings. The first kappa shape index (κ1) is 34.0. The SMILES string of the molecule is CC(C)(C)OC(=O)N1c2nc(-c3cncc(Cl)c3)ccc2N2CCC[C@H]1C2.CC(C)(C)OC(=O)N1c2nc(Cl)ccc2N2CCC[C@H]1C2. The summed E-state index contributed by atoms with van der Waals surface area (Å²) in [6, 6.07) is 9.68. The molecule has 3 aromatic heterocycles. The van der Waals surface area contributed by atoms with Crippen molar-refractivity contribution in [2.45, 2.75) is 90.5 Å². The molecule has 13 heteroatoms. The van der Waals surface area contributed by atoms with Crippen molar-refractivity contribution in [1.82, 2.24) is 15.0 Å². The molecule has 4 aliphatic heterocycles. The maximum Gasteiger partial charge on any atom is 0.416 e. The lowest BCUT2D eigenvalue weighted by Crippen LogP contribution is -2.56. The van der Waals surface area contributed by atoms with Gasteiger partial charge in [-0.1, -0.05) is 23.2 Å². The summed E-state index contributed by atoms with van der Waals surface area (Å²) in [7, 11) is 0. The first-order valence-corrected chi connectivity index (χ1v) is 17.3. The second kappa shape index (κ2) is 13.2.